The second-order valence-electron chi connectivity index (χ2n) is 2.88. The quantitative estimate of drug-likeness (QED) is 0.627. The van der Waals surface area contributed by atoms with Crippen molar-refractivity contribution in [3.05, 3.63) is 47.1 Å². The van der Waals surface area contributed by atoms with E-state index in [9.17, 15) is 5.11 Å². The first-order valence-electron chi connectivity index (χ1n) is 3.93. The molecule has 0 aliphatic heterocycles. The molecule has 1 atom stereocenters. The highest BCUT2D eigenvalue weighted by molar-refractivity contribution is 5.65. The predicted octanol–water partition coefficient (Wildman–Crippen LogP) is 0.702. The zero-order valence-corrected chi connectivity index (χ0v) is 6.57. The summed E-state index contributed by atoms with van der Waals surface area (Å²) in [5, 5.41) is 18.1. The lowest BCUT2D eigenvalue weighted by Gasteiger charge is -2.10. The SMILES string of the molecule is OCC(O)C1=CC=C2C=CC=C21. The van der Waals surface area contributed by atoms with Crippen molar-refractivity contribution in [2.75, 3.05) is 6.61 Å². The van der Waals surface area contributed by atoms with Crippen molar-refractivity contribution in [2.24, 2.45) is 0 Å². The topological polar surface area (TPSA) is 40.5 Å². The summed E-state index contributed by atoms with van der Waals surface area (Å²) in [5.74, 6) is 0. The third kappa shape index (κ3) is 0.967. The Hall–Kier alpha value is -1.12. The van der Waals surface area contributed by atoms with Crippen LogP contribution in [0, 0.1) is 0 Å². The van der Waals surface area contributed by atoms with Gasteiger partial charge in [0.1, 0.15) is 6.10 Å². The van der Waals surface area contributed by atoms with Gasteiger partial charge < -0.3 is 10.2 Å². The maximum Gasteiger partial charge on any atom is 0.103 e. The number of aliphatic hydroxyl groups is 2. The van der Waals surface area contributed by atoms with Gasteiger partial charge in [0.25, 0.3) is 0 Å². The second-order valence-corrected chi connectivity index (χ2v) is 2.88. The van der Waals surface area contributed by atoms with Gasteiger partial charge in [0.2, 0.25) is 0 Å². The van der Waals surface area contributed by atoms with Crippen molar-refractivity contribution in [3.63, 3.8) is 0 Å². The minimum atomic E-state index is -0.745. The van der Waals surface area contributed by atoms with Crippen molar-refractivity contribution in [2.45, 2.75) is 6.10 Å². The van der Waals surface area contributed by atoms with Crippen LogP contribution < -0.4 is 0 Å². The van der Waals surface area contributed by atoms with Crippen LogP contribution in [0.15, 0.2) is 47.1 Å². The number of fused-ring (bicyclic) bond motifs is 1. The van der Waals surface area contributed by atoms with E-state index in [-0.39, 0.29) is 6.61 Å². The van der Waals surface area contributed by atoms with Crippen LogP contribution in [0.4, 0.5) is 0 Å². The number of allylic oxidation sites excluding steroid dienone is 6. The Morgan fingerprint density at radius 2 is 2.08 bits per heavy atom. The summed E-state index contributed by atoms with van der Waals surface area (Å²) in [4.78, 5) is 0. The van der Waals surface area contributed by atoms with E-state index in [0.717, 1.165) is 16.7 Å². The first-order valence-corrected chi connectivity index (χ1v) is 3.93. The van der Waals surface area contributed by atoms with Crippen LogP contribution in [0.25, 0.3) is 0 Å². The van der Waals surface area contributed by atoms with Crippen LogP contribution in [0.3, 0.4) is 0 Å². The average Bonchev–Trinajstić information content (AvgIpc) is 2.62. The van der Waals surface area contributed by atoms with Crippen LogP contribution in [-0.4, -0.2) is 22.9 Å². The lowest BCUT2D eigenvalue weighted by molar-refractivity contribution is 0.124. The fraction of sp³-hybridized carbons (Fsp3) is 0.200. The molecule has 0 spiro atoms. The van der Waals surface area contributed by atoms with Crippen molar-refractivity contribution >= 4 is 0 Å². The van der Waals surface area contributed by atoms with Crippen LogP contribution in [0.2, 0.25) is 0 Å². The summed E-state index contributed by atoms with van der Waals surface area (Å²) >= 11 is 0. The molecule has 0 heterocycles. The lowest BCUT2D eigenvalue weighted by Crippen LogP contribution is -2.15. The summed E-state index contributed by atoms with van der Waals surface area (Å²) in [6.45, 7) is -0.218. The molecule has 2 aliphatic carbocycles. The minimum absolute atomic E-state index is 0.218. The highest BCUT2D eigenvalue weighted by atomic mass is 16.3. The normalized spacial score (nSPS) is 21.7. The molecule has 0 aromatic rings. The standard InChI is InChI=1S/C10H10O2/c11-6-10(12)9-5-4-7-2-1-3-8(7)9/h1-5,10-12H,6H2. The molecule has 2 aliphatic rings. The Bertz CT molecular complexity index is 319. The Morgan fingerprint density at radius 3 is 2.83 bits per heavy atom. The first-order chi connectivity index (χ1) is 5.83. The maximum absolute atomic E-state index is 9.38. The number of hydrogen-bond acceptors (Lipinski definition) is 2. The van der Waals surface area contributed by atoms with E-state index in [2.05, 4.69) is 0 Å². The first kappa shape index (κ1) is 7.53. The molecule has 2 N–H and O–H groups in total. The van der Waals surface area contributed by atoms with Crippen molar-refractivity contribution in [1.29, 1.82) is 0 Å². The monoisotopic (exact) mass is 162 g/mol. The highest BCUT2D eigenvalue weighted by Gasteiger charge is 2.21. The summed E-state index contributed by atoms with van der Waals surface area (Å²) in [6.07, 6.45) is 8.93. The van der Waals surface area contributed by atoms with E-state index in [4.69, 9.17) is 5.11 Å². The molecule has 1 unspecified atom stereocenters. The number of hydrogen-bond donors (Lipinski definition) is 2. The fourth-order valence-electron chi connectivity index (χ4n) is 1.50. The van der Waals surface area contributed by atoms with E-state index in [1.54, 1.807) is 0 Å². The molecule has 2 rings (SSSR count). The smallest absolute Gasteiger partial charge is 0.103 e. The van der Waals surface area contributed by atoms with Crippen molar-refractivity contribution in [3.8, 4) is 0 Å². The van der Waals surface area contributed by atoms with Gasteiger partial charge in [-0.3, -0.25) is 0 Å². The van der Waals surface area contributed by atoms with Crippen LogP contribution >= 0.6 is 0 Å². The van der Waals surface area contributed by atoms with Gasteiger partial charge in [-0.2, -0.15) is 0 Å². The molecule has 2 nitrogen and oxygen atoms in total. The van der Waals surface area contributed by atoms with Gasteiger partial charge in [-0.15, -0.1) is 0 Å². The van der Waals surface area contributed by atoms with E-state index in [1.165, 1.54) is 0 Å². The summed E-state index contributed by atoms with van der Waals surface area (Å²) < 4.78 is 0. The molecule has 0 radical (unpaired) electrons. The lowest BCUT2D eigenvalue weighted by atomic mass is 10.0. The molecule has 0 bridgehead atoms. The molecule has 62 valence electrons. The third-order valence-electron chi connectivity index (χ3n) is 2.14. The van der Waals surface area contributed by atoms with Crippen molar-refractivity contribution < 1.29 is 10.2 Å². The fourth-order valence-corrected chi connectivity index (χ4v) is 1.50. The molecule has 0 amide bonds. The molecule has 0 fully saturated rings. The zero-order valence-electron chi connectivity index (χ0n) is 6.57. The molecule has 0 saturated carbocycles. The van der Waals surface area contributed by atoms with E-state index < -0.39 is 6.10 Å². The van der Waals surface area contributed by atoms with Crippen LogP contribution in [-0.2, 0) is 0 Å². The average molecular weight is 162 g/mol. The van der Waals surface area contributed by atoms with Gasteiger partial charge in [-0.25, -0.2) is 0 Å². The van der Waals surface area contributed by atoms with Crippen LogP contribution in [0.5, 0.6) is 0 Å². The Labute approximate surface area is 70.8 Å². The summed E-state index contributed by atoms with van der Waals surface area (Å²) in [6, 6.07) is 0. The zero-order chi connectivity index (χ0) is 8.55. The van der Waals surface area contributed by atoms with E-state index in [1.807, 2.05) is 30.4 Å². The number of rotatable bonds is 2. The maximum atomic E-state index is 9.38. The summed E-state index contributed by atoms with van der Waals surface area (Å²) in [7, 11) is 0. The largest absolute Gasteiger partial charge is 0.393 e. The van der Waals surface area contributed by atoms with Crippen molar-refractivity contribution in [1.82, 2.24) is 0 Å². The van der Waals surface area contributed by atoms with Gasteiger partial charge in [0, 0.05) is 0 Å². The molecule has 0 aromatic heterocycles. The summed E-state index contributed by atoms with van der Waals surface area (Å²) in [5.41, 5.74) is 2.98. The molecular formula is C10H10O2. The van der Waals surface area contributed by atoms with Gasteiger partial charge in [0.15, 0.2) is 0 Å². The molecule has 2 heteroatoms. The minimum Gasteiger partial charge on any atom is -0.393 e. The van der Waals surface area contributed by atoms with Crippen LogP contribution in [0.1, 0.15) is 0 Å². The Morgan fingerprint density at radius 1 is 1.25 bits per heavy atom. The van der Waals surface area contributed by atoms with E-state index in [0.29, 0.717) is 0 Å². The Kier molecular flexibility index (Phi) is 1.71. The predicted molar refractivity (Wildman–Crippen MR) is 46.5 cm³/mol. The van der Waals surface area contributed by atoms with Gasteiger partial charge in [0.05, 0.1) is 6.61 Å². The number of aliphatic hydroxyl groups excluding tert-OH is 2. The highest BCUT2D eigenvalue weighted by Crippen LogP contribution is 2.32. The molecule has 12 heavy (non-hydrogen) atoms. The molecule has 0 saturated heterocycles. The second kappa shape index (κ2) is 2.73. The van der Waals surface area contributed by atoms with Gasteiger partial charge in [-0.05, 0) is 16.7 Å². The molecular weight excluding hydrogens is 152 g/mol. The van der Waals surface area contributed by atoms with Gasteiger partial charge in [-0.1, -0.05) is 30.4 Å². The van der Waals surface area contributed by atoms with E-state index >= 15 is 0 Å². The Balaban J connectivity index is 2.24. The molecule has 0 aromatic carbocycles. The van der Waals surface area contributed by atoms with Gasteiger partial charge >= 0.3 is 0 Å². The third-order valence-corrected chi connectivity index (χ3v) is 2.14.